The zero-order chi connectivity index (χ0) is 13.1. The second-order valence-electron chi connectivity index (χ2n) is 4.29. The fourth-order valence-corrected chi connectivity index (χ4v) is 2.45. The highest BCUT2D eigenvalue weighted by Gasteiger charge is 2.17. The van der Waals surface area contributed by atoms with E-state index in [4.69, 9.17) is 0 Å². The predicted octanol–water partition coefficient (Wildman–Crippen LogP) is 2.65. The lowest BCUT2D eigenvalue weighted by molar-refractivity contribution is 0.0943. The third kappa shape index (κ3) is 2.56. The van der Waals surface area contributed by atoms with Crippen LogP contribution in [-0.4, -0.2) is 21.9 Å². The third-order valence-electron chi connectivity index (χ3n) is 2.43. The average molecular weight is 261 g/mol. The highest BCUT2D eigenvalue weighted by Crippen LogP contribution is 2.28. The minimum Gasteiger partial charge on any atom is -0.350 e. The maximum absolute atomic E-state index is 12.1. The fourth-order valence-electron chi connectivity index (χ4n) is 1.64. The Kier molecular flexibility index (Phi) is 3.72. The molecular formula is C13H15N3OS. The molecule has 5 heteroatoms. The smallest absolute Gasteiger partial charge is 0.253 e. The summed E-state index contributed by atoms with van der Waals surface area (Å²) < 4.78 is 0. The van der Waals surface area contributed by atoms with E-state index >= 15 is 0 Å². The van der Waals surface area contributed by atoms with Crippen LogP contribution in [-0.2, 0) is 0 Å². The van der Waals surface area contributed by atoms with Gasteiger partial charge in [0.25, 0.3) is 5.91 Å². The molecule has 0 spiro atoms. The molecule has 2 aromatic heterocycles. The molecule has 0 saturated carbocycles. The van der Waals surface area contributed by atoms with Gasteiger partial charge in [-0.05, 0) is 32.9 Å². The van der Waals surface area contributed by atoms with Gasteiger partial charge in [-0.1, -0.05) is 0 Å². The second-order valence-corrected chi connectivity index (χ2v) is 5.15. The summed E-state index contributed by atoms with van der Waals surface area (Å²) in [7, 11) is 0. The fraction of sp³-hybridized carbons (Fsp3) is 0.308. The number of hydrogen-bond acceptors (Lipinski definition) is 4. The first-order valence-corrected chi connectivity index (χ1v) is 6.64. The molecular weight excluding hydrogens is 246 g/mol. The normalized spacial score (nSPS) is 10.7. The van der Waals surface area contributed by atoms with E-state index in [0.29, 0.717) is 11.3 Å². The first-order chi connectivity index (χ1) is 8.59. The Morgan fingerprint density at radius 3 is 2.78 bits per heavy atom. The molecule has 0 aromatic carbocycles. The quantitative estimate of drug-likeness (QED) is 0.924. The van der Waals surface area contributed by atoms with Crippen LogP contribution in [0.4, 0.5) is 0 Å². The van der Waals surface area contributed by atoms with Gasteiger partial charge in [-0.15, -0.1) is 11.3 Å². The van der Waals surface area contributed by atoms with Crippen LogP contribution in [0.25, 0.3) is 10.6 Å². The molecule has 0 radical (unpaired) electrons. The molecule has 0 aliphatic carbocycles. The maximum atomic E-state index is 12.1. The van der Waals surface area contributed by atoms with Crippen molar-refractivity contribution >= 4 is 17.2 Å². The first-order valence-electron chi connectivity index (χ1n) is 5.76. The van der Waals surface area contributed by atoms with Crippen LogP contribution in [0.1, 0.15) is 29.9 Å². The van der Waals surface area contributed by atoms with Gasteiger partial charge in [-0.2, -0.15) is 0 Å². The number of nitrogens with zero attached hydrogens (tertiary/aromatic N) is 2. The molecule has 1 amide bonds. The van der Waals surface area contributed by atoms with E-state index in [1.165, 1.54) is 11.3 Å². The van der Waals surface area contributed by atoms with Crippen molar-refractivity contribution in [2.75, 3.05) is 0 Å². The zero-order valence-corrected chi connectivity index (χ0v) is 11.4. The van der Waals surface area contributed by atoms with Gasteiger partial charge in [-0.3, -0.25) is 9.78 Å². The van der Waals surface area contributed by atoms with Gasteiger partial charge >= 0.3 is 0 Å². The number of amides is 1. The van der Waals surface area contributed by atoms with Gasteiger partial charge in [0, 0.05) is 12.2 Å². The summed E-state index contributed by atoms with van der Waals surface area (Å²) >= 11 is 1.50. The van der Waals surface area contributed by atoms with Gasteiger partial charge in [0.1, 0.15) is 0 Å². The standard InChI is InChI=1S/C13H15N3OS/c1-8(2)16-13(17)10-5-4-6-14-11(10)12-9(3)15-7-18-12/h4-8H,1-3H3,(H,16,17). The molecule has 94 valence electrons. The van der Waals surface area contributed by atoms with E-state index in [-0.39, 0.29) is 11.9 Å². The monoisotopic (exact) mass is 261 g/mol. The lowest BCUT2D eigenvalue weighted by Gasteiger charge is -2.10. The van der Waals surface area contributed by atoms with Crippen LogP contribution in [0.2, 0.25) is 0 Å². The van der Waals surface area contributed by atoms with Crippen molar-refractivity contribution < 1.29 is 4.79 Å². The van der Waals surface area contributed by atoms with E-state index in [9.17, 15) is 4.79 Å². The summed E-state index contributed by atoms with van der Waals surface area (Å²) in [5.41, 5.74) is 3.97. The summed E-state index contributed by atoms with van der Waals surface area (Å²) in [6, 6.07) is 3.67. The summed E-state index contributed by atoms with van der Waals surface area (Å²) in [4.78, 5) is 21.6. The molecule has 0 aliphatic heterocycles. The van der Waals surface area contributed by atoms with Crippen LogP contribution in [0.3, 0.4) is 0 Å². The highest BCUT2D eigenvalue weighted by molar-refractivity contribution is 7.13. The van der Waals surface area contributed by atoms with Crippen molar-refractivity contribution in [1.82, 2.24) is 15.3 Å². The van der Waals surface area contributed by atoms with Crippen molar-refractivity contribution in [2.24, 2.45) is 0 Å². The van der Waals surface area contributed by atoms with E-state index in [2.05, 4.69) is 15.3 Å². The number of thiazole rings is 1. The second kappa shape index (κ2) is 5.27. The minimum absolute atomic E-state index is 0.0964. The molecule has 4 nitrogen and oxygen atoms in total. The molecule has 1 N–H and O–H groups in total. The number of aryl methyl sites for hydroxylation is 1. The van der Waals surface area contributed by atoms with Gasteiger partial charge < -0.3 is 5.32 Å². The number of carbonyl (C=O) groups excluding carboxylic acids is 1. The number of aromatic nitrogens is 2. The summed E-state index contributed by atoms with van der Waals surface area (Å²) in [5.74, 6) is -0.0964. The lowest BCUT2D eigenvalue weighted by atomic mass is 10.1. The SMILES string of the molecule is Cc1ncsc1-c1ncccc1C(=O)NC(C)C. The summed E-state index contributed by atoms with van der Waals surface area (Å²) in [6.07, 6.45) is 1.70. The van der Waals surface area contributed by atoms with Crippen molar-refractivity contribution in [3.8, 4) is 10.6 Å². The molecule has 2 aromatic rings. The van der Waals surface area contributed by atoms with Crippen LogP contribution in [0.5, 0.6) is 0 Å². The minimum atomic E-state index is -0.0964. The van der Waals surface area contributed by atoms with Crippen molar-refractivity contribution in [2.45, 2.75) is 26.8 Å². The molecule has 2 heterocycles. The largest absolute Gasteiger partial charge is 0.350 e. The summed E-state index contributed by atoms with van der Waals surface area (Å²) in [6.45, 7) is 5.79. The maximum Gasteiger partial charge on any atom is 0.253 e. The topological polar surface area (TPSA) is 54.9 Å². The van der Waals surface area contributed by atoms with E-state index in [0.717, 1.165) is 10.6 Å². The lowest BCUT2D eigenvalue weighted by Crippen LogP contribution is -2.30. The molecule has 2 rings (SSSR count). The number of rotatable bonds is 3. The van der Waals surface area contributed by atoms with E-state index in [1.807, 2.05) is 20.8 Å². The van der Waals surface area contributed by atoms with Crippen LogP contribution >= 0.6 is 11.3 Å². The van der Waals surface area contributed by atoms with Crippen LogP contribution < -0.4 is 5.32 Å². The number of hydrogen-bond donors (Lipinski definition) is 1. The molecule has 0 saturated heterocycles. The van der Waals surface area contributed by atoms with E-state index in [1.54, 1.807) is 23.8 Å². The van der Waals surface area contributed by atoms with Gasteiger partial charge in [0.15, 0.2) is 0 Å². The molecule has 0 atom stereocenters. The Hall–Kier alpha value is -1.75. The number of nitrogens with one attached hydrogen (secondary N) is 1. The summed E-state index contributed by atoms with van der Waals surface area (Å²) in [5, 5.41) is 2.89. The number of pyridine rings is 1. The third-order valence-corrected chi connectivity index (χ3v) is 3.37. The Morgan fingerprint density at radius 2 is 2.17 bits per heavy atom. The highest BCUT2D eigenvalue weighted by atomic mass is 32.1. The molecule has 0 fully saturated rings. The van der Waals surface area contributed by atoms with E-state index < -0.39 is 0 Å². The van der Waals surface area contributed by atoms with Gasteiger partial charge in [0.05, 0.1) is 27.3 Å². The average Bonchev–Trinajstić information content (AvgIpc) is 2.74. The Bertz CT molecular complexity index is 563. The number of carbonyl (C=O) groups is 1. The molecule has 0 aliphatic rings. The Balaban J connectivity index is 2.44. The van der Waals surface area contributed by atoms with Crippen molar-refractivity contribution in [3.63, 3.8) is 0 Å². The van der Waals surface area contributed by atoms with Crippen LogP contribution in [0.15, 0.2) is 23.8 Å². The van der Waals surface area contributed by atoms with Gasteiger partial charge in [0.2, 0.25) is 0 Å². The molecule has 18 heavy (non-hydrogen) atoms. The predicted molar refractivity (Wildman–Crippen MR) is 72.7 cm³/mol. The van der Waals surface area contributed by atoms with Crippen molar-refractivity contribution in [1.29, 1.82) is 0 Å². The molecule has 0 bridgehead atoms. The zero-order valence-electron chi connectivity index (χ0n) is 10.6. The molecule has 0 unspecified atom stereocenters. The van der Waals surface area contributed by atoms with Gasteiger partial charge in [-0.25, -0.2) is 4.98 Å². The Labute approximate surface area is 110 Å². The van der Waals surface area contributed by atoms with Crippen LogP contribution in [0, 0.1) is 6.92 Å². The first kappa shape index (κ1) is 12.7. The Morgan fingerprint density at radius 1 is 1.39 bits per heavy atom. The van der Waals surface area contributed by atoms with Crippen molar-refractivity contribution in [3.05, 3.63) is 35.1 Å².